The quantitative estimate of drug-likeness (QED) is 0.101. The van der Waals surface area contributed by atoms with E-state index in [1.165, 1.54) is 0 Å². The van der Waals surface area contributed by atoms with Gasteiger partial charge >= 0.3 is 0 Å². The van der Waals surface area contributed by atoms with Gasteiger partial charge in [0, 0.05) is 60.2 Å². The molecule has 1 aliphatic rings. The maximum Gasteiger partial charge on any atom is 0.251 e. The Morgan fingerprint density at radius 1 is 1.02 bits per heavy atom. The molecule has 7 nitrogen and oxygen atoms in total. The molecule has 1 atom stereocenters. The molecule has 252 valence electrons. The summed E-state index contributed by atoms with van der Waals surface area (Å²) in [6, 6.07) is 24.0. The Hall–Kier alpha value is -4.11. The highest BCUT2D eigenvalue weighted by atomic mass is 32.2. The van der Waals surface area contributed by atoms with Crippen molar-refractivity contribution in [3.8, 4) is 16.9 Å². The van der Waals surface area contributed by atoms with Crippen molar-refractivity contribution in [2.24, 2.45) is 5.92 Å². The zero-order chi connectivity index (χ0) is 33.9. The summed E-state index contributed by atoms with van der Waals surface area (Å²) in [6.45, 7) is 12.1. The minimum Gasteiger partial charge on any atom is -0.611 e. The first-order chi connectivity index (χ1) is 23.3. The van der Waals surface area contributed by atoms with E-state index in [0.29, 0.717) is 37.0 Å². The maximum absolute atomic E-state index is 13.7. The van der Waals surface area contributed by atoms with E-state index in [1.54, 1.807) is 12.4 Å². The highest BCUT2D eigenvalue weighted by molar-refractivity contribution is 7.90. The van der Waals surface area contributed by atoms with Gasteiger partial charge in [-0.3, -0.25) is 9.78 Å². The van der Waals surface area contributed by atoms with Gasteiger partial charge in [-0.15, -0.1) is 0 Å². The van der Waals surface area contributed by atoms with E-state index in [4.69, 9.17) is 9.47 Å². The lowest BCUT2D eigenvalue weighted by Crippen LogP contribution is -2.29. The molecule has 1 amide bonds. The first kappa shape index (κ1) is 35.2. The summed E-state index contributed by atoms with van der Waals surface area (Å²) in [4.78, 5) is 21.0. The summed E-state index contributed by atoms with van der Waals surface area (Å²) in [7, 11) is 0. The van der Waals surface area contributed by atoms with Crippen molar-refractivity contribution >= 4 is 34.5 Å². The molecule has 1 unspecified atom stereocenters. The number of nitrogens with one attached hydrogen (secondary N) is 1. The Morgan fingerprint density at radius 3 is 2.56 bits per heavy atom. The van der Waals surface area contributed by atoms with Gasteiger partial charge in [0.25, 0.3) is 5.91 Å². The zero-order valence-corrected chi connectivity index (χ0v) is 29.4. The molecule has 0 spiro atoms. The molecule has 0 fully saturated rings. The lowest BCUT2D eigenvalue weighted by molar-refractivity contribution is -0.112. The lowest BCUT2D eigenvalue weighted by Gasteiger charge is -2.27. The minimum atomic E-state index is -1.21. The summed E-state index contributed by atoms with van der Waals surface area (Å²) < 4.78 is 24.6. The maximum atomic E-state index is 13.7. The molecule has 3 aromatic carbocycles. The Bertz CT molecular complexity index is 1670. The Kier molecular flexibility index (Phi) is 12.7. The number of aromatic nitrogens is 1. The molecule has 8 heteroatoms. The van der Waals surface area contributed by atoms with Crippen LogP contribution in [0, 0.1) is 12.8 Å². The van der Waals surface area contributed by atoms with Crippen LogP contribution in [0.15, 0.2) is 95.7 Å². The number of amides is 1. The topological polar surface area (TPSA) is 86.8 Å². The molecule has 0 aliphatic carbocycles. The molecular weight excluding hydrogens is 619 g/mol. The number of nitrogens with zero attached hydrogens (tertiary/aromatic N) is 2. The number of carbonyl (C=O) groups is 1. The molecule has 0 saturated heterocycles. The molecule has 1 aromatic heterocycles. The number of fused-ring (bicyclic) bond motifs is 1. The second-order valence-electron chi connectivity index (χ2n) is 12.7. The van der Waals surface area contributed by atoms with E-state index in [-0.39, 0.29) is 5.91 Å². The number of hydrogen-bond donors (Lipinski definition) is 1. The fourth-order valence-corrected chi connectivity index (χ4v) is 7.07. The predicted molar refractivity (Wildman–Crippen MR) is 197 cm³/mol. The second kappa shape index (κ2) is 17.3. The van der Waals surface area contributed by atoms with Crippen LogP contribution < -0.4 is 15.0 Å². The molecule has 0 radical (unpaired) electrons. The Labute approximate surface area is 288 Å². The van der Waals surface area contributed by atoms with Gasteiger partial charge in [-0.25, -0.2) is 0 Å². The molecule has 5 rings (SSSR count). The highest BCUT2D eigenvalue weighted by Gasteiger charge is 2.22. The van der Waals surface area contributed by atoms with Crippen molar-refractivity contribution in [2.75, 3.05) is 43.1 Å². The standard InChI is InChI=1S/C40H47N3O4S/c1-5-6-20-46-21-22-47-37-13-9-32(10-14-37)33-11-15-38-35(24-33)25-34(17-19-43(38)27-29(2)3)40(44)42-36-12-16-39(30(4)23-36)48(45)28-31-8-7-18-41-26-31/h7-16,18,23-26,29H,5-6,17,19-22,27-28H2,1-4H3,(H,42,44). The summed E-state index contributed by atoms with van der Waals surface area (Å²) in [5.41, 5.74) is 7.54. The fourth-order valence-electron chi connectivity index (χ4n) is 5.80. The van der Waals surface area contributed by atoms with Gasteiger partial charge in [-0.2, -0.15) is 0 Å². The van der Waals surface area contributed by atoms with Crippen molar-refractivity contribution < 1.29 is 18.8 Å². The number of pyridine rings is 1. The molecule has 2 heterocycles. The molecule has 48 heavy (non-hydrogen) atoms. The van der Waals surface area contributed by atoms with Crippen LogP contribution in [0.5, 0.6) is 5.75 Å². The van der Waals surface area contributed by atoms with E-state index in [1.807, 2.05) is 55.5 Å². The van der Waals surface area contributed by atoms with Crippen molar-refractivity contribution in [3.63, 3.8) is 0 Å². The van der Waals surface area contributed by atoms with E-state index >= 15 is 0 Å². The third-order valence-electron chi connectivity index (χ3n) is 8.25. The summed E-state index contributed by atoms with van der Waals surface area (Å²) in [5, 5.41) is 3.11. The van der Waals surface area contributed by atoms with Crippen LogP contribution in [-0.2, 0) is 26.5 Å². The van der Waals surface area contributed by atoms with Gasteiger partial charge < -0.3 is 24.2 Å². The number of unbranched alkanes of at least 4 members (excludes halogenated alkanes) is 1. The molecule has 0 saturated carbocycles. The van der Waals surface area contributed by atoms with Gasteiger partial charge in [0.2, 0.25) is 0 Å². The summed E-state index contributed by atoms with van der Waals surface area (Å²) >= 11 is -1.21. The van der Waals surface area contributed by atoms with Gasteiger partial charge in [-0.05, 0) is 108 Å². The number of ether oxygens (including phenoxy) is 2. The first-order valence-corrected chi connectivity index (χ1v) is 18.2. The first-order valence-electron chi connectivity index (χ1n) is 16.9. The van der Waals surface area contributed by atoms with Crippen LogP contribution in [0.2, 0.25) is 0 Å². The minimum absolute atomic E-state index is 0.124. The van der Waals surface area contributed by atoms with Crippen LogP contribution in [0.1, 0.15) is 56.7 Å². The Balaban J connectivity index is 1.30. The monoisotopic (exact) mass is 665 g/mol. The van der Waals surface area contributed by atoms with Crippen LogP contribution >= 0.6 is 0 Å². The summed E-state index contributed by atoms with van der Waals surface area (Å²) in [5.74, 6) is 1.57. The number of hydrogen-bond acceptors (Lipinski definition) is 6. The van der Waals surface area contributed by atoms with Gasteiger partial charge in [0.1, 0.15) is 18.1 Å². The van der Waals surface area contributed by atoms with Crippen LogP contribution in [0.3, 0.4) is 0 Å². The van der Waals surface area contributed by atoms with Crippen molar-refractivity contribution in [3.05, 3.63) is 107 Å². The Morgan fingerprint density at radius 2 is 1.83 bits per heavy atom. The van der Waals surface area contributed by atoms with Crippen LogP contribution in [0.4, 0.5) is 11.4 Å². The van der Waals surface area contributed by atoms with Crippen molar-refractivity contribution in [2.45, 2.75) is 57.6 Å². The molecule has 1 N–H and O–H groups in total. The fraction of sp³-hybridized carbons (Fsp3) is 0.350. The number of rotatable bonds is 15. The van der Waals surface area contributed by atoms with Crippen molar-refractivity contribution in [1.29, 1.82) is 0 Å². The van der Waals surface area contributed by atoms with Gasteiger partial charge in [-0.1, -0.05) is 51.5 Å². The van der Waals surface area contributed by atoms with E-state index in [2.05, 4.69) is 66.3 Å². The number of carbonyl (C=O) groups excluding carboxylic acids is 1. The average Bonchev–Trinajstić information content (AvgIpc) is 3.26. The van der Waals surface area contributed by atoms with E-state index < -0.39 is 11.2 Å². The van der Waals surface area contributed by atoms with Gasteiger partial charge in [0.15, 0.2) is 4.90 Å². The number of benzene rings is 3. The van der Waals surface area contributed by atoms with E-state index in [0.717, 1.165) is 82.3 Å². The van der Waals surface area contributed by atoms with Crippen LogP contribution in [-0.4, -0.2) is 48.4 Å². The SMILES string of the molecule is CCCCOCCOc1ccc(-c2ccc3c(c2)C=C(C(=O)Nc2ccc([S+]([O-])Cc4cccnc4)c(C)c2)CCN3CC(C)C)cc1. The third kappa shape index (κ3) is 9.72. The molecular formula is C40H47N3O4S. The predicted octanol–water partition coefficient (Wildman–Crippen LogP) is 8.45. The number of aryl methyl sites for hydroxylation is 1. The normalized spacial score (nSPS) is 13.5. The average molecular weight is 666 g/mol. The molecule has 4 aromatic rings. The molecule has 0 bridgehead atoms. The van der Waals surface area contributed by atoms with Gasteiger partial charge in [0.05, 0.1) is 6.61 Å². The third-order valence-corrected chi connectivity index (χ3v) is 9.80. The van der Waals surface area contributed by atoms with Crippen molar-refractivity contribution in [1.82, 2.24) is 4.98 Å². The second-order valence-corrected chi connectivity index (χ2v) is 14.1. The zero-order valence-electron chi connectivity index (χ0n) is 28.5. The smallest absolute Gasteiger partial charge is 0.251 e. The van der Waals surface area contributed by atoms with Crippen LogP contribution in [0.25, 0.3) is 17.2 Å². The largest absolute Gasteiger partial charge is 0.611 e. The summed E-state index contributed by atoms with van der Waals surface area (Å²) in [6.07, 6.45) is 8.31. The van der Waals surface area contributed by atoms with E-state index in [9.17, 15) is 9.35 Å². The molecule has 1 aliphatic heterocycles. The lowest BCUT2D eigenvalue weighted by atomic mass is 10.00. The highest BCUT2D eigenvalue weighted by Crippen LogP contribution is 2.34. The number of anilines is 2.